The van der Waals surface area contributed by atoms with Crippen LogP contribution in [0.15, 0.2) is 59.0 Å². The van der Waals surface area contributed by atoms with Crippen LogP contribution in [0.1, 0.15) is 30.4 Å². The Morgan fingerprint density at radius 1 is 1.06 bits per heavy atom. The molecular weight excluding hydrogens is 443 g/mol. The Labute approximate surface area is 184 Å². The first-order valence-electron chi connectivity index (χ1n) is 9.82. The smallest absolute Gasteiger partial charge is 0.321 e. The molecule has 1 aliphatic rings. The van der Waals surface area contributed by atoms with Gasteiger partial charge in [-0.05, 0) is 54.8 Å². The van der Waals surface area contributed by atoms with Crippen molar-refractivity contribution in [2.45, 2.75) is 30.3 Å². The minimum absolute atomic E-state index is 0.0116. The molecule has 0 spiro atoms. The van der Waals surface area contributed by atoms with Crippen LogP contribution in [0.25, 0.3) is 6.08 Å². The summed E-state index contributed by atoms with van der Waals surface area (Å²) in [6.45, 7) is 0.856. The molecule has 3 rings (SSSR count). The van der Waals surface area contributed by atoms with E-state index in [9.17, 15) is 31.6 Å². The number of sulfonamides is 1. The summed E-state index contributed by atoms with van der Waals surface area (Å²) >= 11 is 0. The second-order valence-corrected chi connectivity index (χ2v) is 9.18. The monoisotopic (exact) mass is 463 g/mol. The van der Waals surface area contributed by atoms with Gasteiger partial charge in [0.05, 0.1) is 10.5 Å². The third-order valence-electron chi connectivity index (χ3n) is 4.93. The Balaban J connectivity index is 1.81. The molecule has 1 heterocycles. The summed E-state index contributed by atoms with van der Waals surface area (Å²) in [4.78, 5) is 12.5. The quantitative estimate of drug-likeness (QED) is 0.525. The number of anilines is 1. The zero-order valence-electron chi connectivity index (χ0n) is 16.9. The van der Waals surface area contributed by atoms with E-state index in [1.807, 2.05) is 0 Å². The van der Waals surface area contributed by atoms with Gasteiger partial charge in [-0.1, -0.05) is 24.6 Å². The minimum atomic E-state index is -4.56. The van der Waals surface area contributed by atoms with Crippen molar-refractivity contribution < 1.29 is 26.4 Å². The second kappa shape index (κ2) is 9.54. The highest BCUT2D eigenvalue weighted by atomic mass is 32.2. The summed E-state index contributed by atoms with van der Waals surface area (Å²) in [5, 5.41) is 11.8. The zero-order chi connectivity index (χ0) is 23.4. The standard InChI is InChI=1S/C22H20F3N3O3S/c23-22(24,25)18-7-4-6-16(13-18)12-17(15-26)21(29)27-19-8-5-9-20(14-19)32(30,31)28-10-2-1-3-11-28/h4-9,12-14H,1-3,10-11H2,(H,27,29)/b17-12+. The maximum Gasteiger partial charge on any atom is 0.416 e. The highest BCUT2D eigenvalue weighted by Gasteiger charge is 2.30. The number of nitriles is 1. The number of halogens is 3. The molecule has 0 saturated carbocycles. The van der Waals surface area contributed by atoms with Crippen LogP contribution in [0.2, 0.25) is 0 Å². The second-order valence-electron chi connectivity index (χ2n) is 7.24. The largest absolute Gasteiger partial charge is 0.416 e. The number of piperidine rings is 1. The Hall–Kier alpha value is -3.16. The van der Waals surface area contributed by atoms with E-state index < -0.39 is 33.2 Å². The number of alkyl halides is 3. The third-order valence-corrected chi connectivity index (χ3v) is 6.83. The van der Waals surface area contributed by atoms with Gasteiger partial charge in [0.25, 0.3) is 5.91 Å². The fraction of sp³-hybridized carbons (Fsp3) is 0.273. The van der Waals surface area contributed by atoms with E-state index in [0.717, 1.165) is 37.5 Å². The van der Waals surface area contributed by atoms with Gasteiger partial charge in [-0.15, -0.1) is 0 Å². The summed E-state index contributed by atoms with van der Waals surface area (Å²) in [7, 11) is -3.72. The van der Waals surface area contributed by atoms with Gasteiger partial charge in [0.1, 0.15) is 11.6 Å². The lowest BCUT2D eigenvalue weighted by molar-refractivity contribution is -0.137. The van der Waals surface area contributed by atoms with Gasteiger partial charge in [0.15, 0.2) is 0 Å². The fourth-order valence-corrected chi connectivity index (χ4v) is 4.87. The van der Waals surface area contributed by atoms with Crippen LogP contribution in [0.3, 0.4) is 0 Å². The molecule has 1 amide bonds. The molecule has 0 bridgehead atoms. The maximum atomic E-state index is 12.9. The molecule has 1 saturated heterocycles. The number of carbonyl (C=O) groups excluding carboxylic acids is 1. The van der Waals surface area contributed by atoms with Gasteiger partial charge in [-0.3, -0.25) is 4.79 Å². The van der Waals surface area contributed by atoms with Crippen molar-refractivity contribution in [3.8, 4) is 6.07 Å². The topological polar surface area (TPSA) is 90.3 Å². The van der Waals surface area contributed by atoms with Crippen LogP contribution in [-0.4, -0.2) is 31.7 Å². The lowest BCUT2D eigenvalue weighted by atomic mass is 10.1. The van der Waals surface area contributed by atoms with E-state index >= 15 is 0 Å². The third kappa shape index (κ3) is 5.55. The van der Waals surface area contributed by atoms with Crippen LogP contribution >= 0.6 is 0 Å². The van der Waals surface area contributed by atoms with E-state index in [-0.39, 0.29) is 16.1 Å². The predicted octanol–water partition coefficient (Wildman–Crippen LogP) is 4.43. The summed E-state index contributed by atoms with van der Waals surface area (Å²) in [6, 6.07) is 11.5. The molecule has 0 aromatic heterocycles. The number of hydrogen-bond acceptors (Lipinski definition) is 4. The molecule has 0 radical (unpaired) electrons. The molecule has 2 aromatic carbocycles. The van der Waals surface area contributed by atoms with Crippen molar-refractivity contribution in [3.05, 3.63) is 65.2 Å². The molecule has 1 fully saturated rings. The number of carbonyl (C=O) groups is 1. The molecule has 32 heavy (non-hydrogen) atoms. The van der Waals surface area contributed by atoms with Crippen molar-refractivity contribution in [2.24, 2.45) is 0 Å². The molecular formula is C22H20F3N3O3S. The molecule has 1 aliphatic heterocycles. The lowest BCUT2D eigenvalue weighted by Crippen LogP contribution is -2.35. The highest BCUT2D eigenvalue weighted by molar-refractivity contribution is 7.89. The lowest BCUT2D eigenvalue weighted by Gasteiger charge is -2.26. The Bertz CT molecular complexity index is 1180. The summed E-state index contributed by atoms with van der Waals surface area (Å²) in [5.74, 6) is -0.863. The summed E-state index contributed by atoms with van der Waals surface area (Å²) in [5.41, 5.74) is -1.14. The highest BCUT2D eigenvalue weighted by Crippen LogP contribution is 2.30. The zero-order valence-corrected chi connectivity index (χ0v) is 17.7. The van der Waals surface area contributed by atoms with Gasteiger partial charge in [0, 0.05) is 18.8 Å². The first-order chi connectivity index (χ1) is 15.1. The van der Waals surface area contributed by atoms with Crippen molar-refractivity contribution in [3.63, 3.8) is 0 Å². The summed E-state index contributed by atoms with van der Waals surface area (Å²) < 4.78 is 65.7. The Morgan fingerprint density at radius 2 is 1.75 bits per heavy atom. The average Bonchev–Trinajstić information content (AvgIpc) is 2.78. The molecule has 10 heteroatoms. The molecule has 0 unspecified atom stereocenters. The molecule has 168 valence electrons. The maximum absolute atomic E-state index is 12.9. The van der Waals surface area contributed by atoms with Gasteiger partial charge in [-0.25, -0.2) is 8.42 Å². The Kier molecular flexibility index (Phi) is 7.01. The predicted molar refractivity (Wildman–Crippen MR) is 113 cm³/mol. The molecule has 2 aromatic rings. The average molecular weight is 463 g/mol. The van der Waals surface area contributed by atoms with E-state index in [0.29, 0.717) is 13.1 Å². The van der Waals surface area contributed by atoms with Crippen molar-refractivity contribution in [2.75, 3.05) is 18.4 Å². The van der Waals surface area contributed by atoms with Crippen LogP contribution in [0, 0.1) is 11.3 Å². The van der Waals surface area contributed by atoms with Crippen LogP contribution in [0.5, 0.6) is 0 Å². The van der Waals surface area contributed by atoms with Crippen molar-refractivity contribution in [1.29, 1.82) is 5.26 Å². The fourth-order valence-electron chi connectivity index (χ4n) is 3.31. The first-order valence-corrected chi connectivity index (χ1v) is 11.3. The number of benzene rings is 2. The van der Waals surface area contributed by atoms with Crippen LogP contribution in [0.4, 0.5) is 18.9 Å². The Morgan fingerprint density at radius 3 is 2.41 bits per heavy atom. The van der Waals surface area contributed by atoms with E-state index in [4.69, 9.17) is 0 Å². The minimum Gasteiger partial charge on any atom is -0.321 e. The molecule has 6 nitrogen and oxygen atoms in total. The number of hydrogen-bond donors (Lipinski definition) is 1. The van der Waals surface area contributed by atoms with Gasteiger partial charge >= 0.3 is 6.18 Å². The SMILES string of the molecule is N#C/C(=C\c1cccc(C(F)(F)F)c1)C(=O)Nc1cccc(S(=O)(=O)N2CCCCC2)c1. The van der Waals surface area contributed by atoms with Gasteiger partial charge in [-0.2, -0.15) is 22.7 Å². The number of nitrogens with zero attached hydrogens (tertiary/aromatic N) is 2. The number of rotatable bonds is 5. The van der Waals surface area contributed by atoms with E-state index in [1.165, 1.54) is 40.7 Å². The van der Waals surface area contributed by atoms with Crippen LogP contribution in [-0.2, 0) is 21.0 Å². The van der Waals surface area contributed by atoms with Crippen molar-refractivity contribution in [1.82, 2.24) is 4.31 Å². The van der Waals surface area contributed by atoms with Crippen molar-refractivity contribution >= 4 is 27.7 Å². The number of nitrogens with one attached hydrogen (secondary N) is 1. The molecule has 0 atom stereocenters. The summed E-state index contributed by atoms with van der Waals surface area (Å²) in [6.07, 6.45) is -0.988. The normalized spacial score (nSPS) is 15.8. The van der Waals surface area contributed by atoms with Gasteiger partial charge < -0.3 is 5.32 Å². The first kappa shape index (κ1) is 23.5. The molecule has 1 N–H and O–H groups in total. The van der Waals surface area contributed by atoms with Gasteiger partial charge in [0.2, 0.25) is 10.0 Å². The van der Waals surface area contributed by atoms with E-state index in [1.54, 1.807) is 6.07 Å². The van der Waals surface area contributed by atoms with Crippen LogP contribution < -0.4 is 5.32 Å². The molecule has 0 aliphatic carbocycles. The van der Waals surface area contributed by atoms with E-state index in [2.05, 4.69) is 5.32 Å². The number of amides is 1.